The zero-order chi connectivity index (χ0) is 23.8. The molecular formula is C26H21ClN4O2S. The minimum atomic E-state index is -0.258. The number of fused-ring (bicyclic) bond motifs is 1. The van der Waals surface area contributed by atoms with Crippen molar-refractivity contribution in [3.63, 3.8) is 0 Å². The predicted molar refractivity (Wildman–Crippen MR) is 136 cm³/mol. The lowest BCUT2D eigenvalue weighted by atomic mass is 10.0. The molecule has 0 spiro atoms. The zero-order valence-corrected chi connectivity index (χ0v) is 20.4. The Morgan fingerprint density at radius 1 is 1.12 bits per heavy atom. The number of rotatable bonds is 5. The molecule has 0 saturated heterocycles. The number of halogens is 1. The molecule has 0 fully saturated rings. The Morgan fingerprint density at radius 2 is 1.94 bits per heavy atom. The molecule has 0 saturated carbocycles. The maximum atomic E-state index is 14.1. The van der Waals surface area contributed by atoms with Crippen LogP contribution in [0.2, 0.25) is 5.02 Å². The maximum Gasteiger partial charge on any atom is 0.266 e. The number of benzene rings is 2. The molecule has 0 radical (unpaired) electrons. The summed E-state index contributed by atoms with van der Waals surface area (Å²) in [5, 5.41) is 5.28. The summed E-state index contributed by atoms with van der Waals surface area (Å²) in [5.41, 5.74) is 5.43. The van der Waals surface area contributed by atoms with E-state index >= 15 is 0 Å². The van der Waals surface area contributed by atoms with E-state index in [0.717, 1.165) is 26.9 Å². The maximum absolute atomic E-state index is 14.1. The molecule has 0 bridgehead atoms. The molecule has 0 unspecified atom stereocenters. The predicted octanol–water partition coefficient (Wildman–Crippen LogP) is 6.77. The van der Waals surface area contributed by atoms with Gasteiger partial charge in [-0.3, -0.25) is 14.7 Å². The molecule has 0 aliphatic rings. The topological polar surface area (TPSA) is 72.1 Å². The quantitative estimate of drug-likeness (QED) is 0.273. The van der Waals surface area contributed by atoms with Crippen LogP contribution >= 0.6 is 22.9 Å². The molecule has 34 heavy (non-hydrogen) atoms. The second-order valence-electron chi connectivity index (χ2n) is 8.12. The number of pyridine rings is 1. The van der Waals surface area contributed by atoms with Crippen LogP contribution in [-0.2, 0) is 6.54 Å². The molecule has 1 amide bonds. The first-order valence-electron chi connectivity index (χ1n) is 10.7. The van der Waals surface area contributed by atoms with Crippen LogP contribution in [0.1, 0.15) is 32.8 Å². The number of nitrogens with zero attached hydrogens (tertiary/aromatic N) is 4. The second-order valence-corrected chi connectivity index (χ2v) is 9.51. The molecule has 5 aromatic rings. The van der Waals surface area contributed by atoms with Gasteiger partial charge in [-0.1, -0.05) is 58.4 Å². The van der Waals surface area contributed by atoms with Gasteiger partial charge in [0.2, 0.25) is 0 Å². The molecule has 3 aromatic heterocycles. The number of amides is 1. The Bertz CT molecular complexity index is 1510. The summed E-state index contributed by atoms with van der Waals surface area (Å²) in [6.45, 7) is 6.14. The number of aromatic nitrogens is 3. The average Bonchev–Trinajstić information content (AvgIpc) is 3.42. The number of hydrogen-bond acceptors (Lipinski definition) is 6. The molecule has 3 heterocycles. The Hall–Kier alpha value is -3.55. The van der Waals surface area contributed by atoms with Crippen molar-refractivity contribution in [2.24, 2.45) is 0 Å². The van der Waals surface area contributed by atoms with Crippen LogP contribution in [0.3, 0.4) is 0 Å². The van der Waals surface area contributed by atoms with Crippen LogP contribution in [0.15, 0.2) is 65.4 Å². The van der Waals surface area contributed by atoms with E-state index in [0.29, 0.717) is 39.3 Å². The standard InChI is InChI=1S/C26H21ClN4O2S/c1-15-11-16(2)24-21(12-15)29-26(34-24)31(14-18-7-6-10-28-13-18)25(32)22-17(3)33-30-23(22)19-8-4-5-9-20(19)27/h4-13H,14H2,1-3H3. The fraction of sp³-hybridized carbons (Fsp3) is 0.154. The summed E-state index contributed by atoms with van der Waals surface area (Å²) in [6, 6.07) is 15.2. The summed E-state index contributed by atoms with van der Waals surface area (Å²) in [7, 11) is 0. The van der Waals surface area contributed by atoms with Crippen LogP contribution in [0.5, 0.6) is 0 Å². The van der Waals surface area contributed by atoms with E-state index in [1.54, 1.807) is 30.3 Å². The van der Waals surface area contributed by atoms with Gasteiger partial charge in [-0.25, -0.2) is 4.98 Å². The molecule has 0 aliphatic carbocycles. The van der Waals surface area contributed by atoms with E-state index < -0.39 is 0 Å². The molecule has 0 atom stereocenters. The first kappa shape index (κ1) is 22.3. The van der Waals surface area contributed by atoms with E-state index in [9.17, 15) is 4.79 Å². The Labute approximate surface area is 205 Å². The van der Waals surface area contributed by atoms with Gasteiger partial charge < -0.3 is 4.52 Å². The van der Waals surface area contributed by atoms with Gasteiger partial charge in [0.15, 0.2) is 5.13 Å². The minimum absolute atomic E-state index is 0.258. The Balaban J connectivity index is 1.65. The van der Waals surface area contributed by atoms with Gasteiger partial charge in [-0.05, 0) is 55.7 Å². The fourth-order valence-corrected chi connectivity index (χ4v) is 5.22. The van der Waals surface area contributed by atoms with Crippen molar-refractivity contribution < 1.29 is 9.32 Å². The van der Waals surface area contributed by atoms with Gasteiger partial charge in [0.05, 0.1) is 21.8 Å². The SMILES string of the molecule is Cc1cc(C)c2sc(N(Cc3cccnc3)C(=O)c3c(-c4ccccc4Cl)noc3C)nc2c1. The molecule has 8 heteroatoms. The lowest BCUT2D eigenvalue weighted by Crippen LogP contribution is -2.31. The second kappa shape index (κ2) is 9.00. The summed E-state index contributed by atoms with van der Waals surface area (Å²) in [6.07, 6.45) is 3.46. The van der Waals surface area contributed by atoms with Gasteiger partial charge in [-0.15, -0.1) is 0 Å². The van der Waals surface area contributed by atoms with Crippen LogP contribution in [0, 0.1) is 20.8 Å². The number of thiazole rings is 1. The highest BCUT2D eigenvalue weighted by Gasteiger charge is 2.30. The third-order valence-electron chi connectivity index (χ3n) is 5.55. The summed E-state index contributed by atoms with van der Waals surface area (Å²) in [5.74, 6) is 0.162. The first-order valence-corrected chi connectivity index (χ1v) is 11.9. The van der Waals surface area contributed by atoms with Crippen LogP contribution in [0.4, 0.5) is 5.13 Å². The third kappa shape index (κ3) is 4.08. The van der Waals surface area contributed by atoms with Gasteiger partial charge in [0.25, 0.3) is 5.91 Å². The average molecular weight is 489 g/mol. The smallest absolute Gasteiger partial charge is 0.266 e. The van der Waals surface area contributed by atoms with E-state index in [4.69, 9.17) is 21.1 Å². The largest absolute Gasteiger partial charge is 0.360 e. The fourth-order valence-electron chi connectivity index (χ4n) is 3.98. The van der Waals surface area contributed by atoms with Crippen molar-refractivity contribution in [1.82, 2.24) is 15.1 Å². The Morgan fingerprint density at radius 3 is 2.71 bits per heavy atom. The van der Waals surface area contributed by atoms with Crippen molar-refractivity contribution in [1.29, 1.82) is 0 Å². The van der Waals surface area contributed by atoms with E-state index in [1.807, 2.05) is 43.3 Å². The van der Waals surface area contributed by atoms with E-state index in [-0.39, 0.29) is 5.91 Å². The Kier molecular flexibility index (Phi) is 5.89. The molecular weight excluding hydrogens is 468 g/mol. The van der Waals surface area contributed by atoms with Crippen LogP contribution < -0.4 is 4.90 Å². The lowest BCUT2D eigenvalue weighted by Gasteiger charge is -2.20. The van der Waals surface area contributed by atoms with Crippen molar-refractivity contribution in [2.45, 2.75) is 27.3 Å². The third-order valence-corrected chi connectivity index (χ3v) is 7.11. The number of anilines is 1. The van der Waals surface area contributed by atoms with Crippen molar-refractivity contribution >= 4 is 44.2 Å². The van der Waals surface area contributed by atoms with Crippen LogP contribution in [0.25, 0.3) is 21.5 Å². The monoisotopic (exact) mass is 488 g/mol. The highest BCUT2D eigenvalue weighted by molar-refractivity contribution is 7.22. The van der Waals surface area contributed by atoms with Gasteiger partial charge >= 0.3 is 0 Å². The summed E-state index contributed by atoms with van der Waals surface area (Å²) in [4.78, 5) is 24.8. The van der Waals surface area contributed by atoms with Crippen molar-refractivity contribution in [2.75, 3.05) is 4.90 Å². The molecule has 5 rings (SSSR count). The molecule has 170 valence electrons. The van der Waals surface area contributed by atoms with E-state index in [2.05, 4.69) is 23.1 Å². The number of carbonyl (C=O) groups excluding carboxylic acids is 1. The minimum Gasteiger partial charge on any atom is -0.360 e. The zero-order valence-electron chi connectivity index (χ0n) is 18.9. The lowest BCUT2D eigenvalue weighted by molar-refractivity contribution is 0.0984. The summed E-state index contributed by atoms with van der Waals surface area (Å²) < 4.78 is 6.52. The van der Waals surface area contributed by atoms with Crippen LogP contribution in [-0.4, -0.2) is 21.0 Å². The van der Waals surface area contributed by atoms with Crippen molar-refractivity contribution in [3.05, 3.63) is 94.0 Å². The molecule has 0 aliphatic heterocycles. The van der Waals surface area contributed by atoms with Gasteiger partial charge in [0.1, 0.15) is 17.0 Å². The number of aryl methyl sites for hydroxylation is 3. The molecule has 6 nitrogen and oxygen atoms in total. The normalized spacial score (nSPS) is 11.2. The van der Waals surface area contributed by atoms with E-state index in [1.165, 1.54) is 11.3 Å². The number of hydrogen-bond donors (Lipinski definition) is 0. The number of carbonyl (C=O) groups is 1. The molecule has 0 N–H and O–H groups in total. The molecule has 2 aromatic carbocycles. The first-order chi connectivity index (χ1) is 16.4. The van der Waals surface area contributed by atoms with Gasteiger partial charge in [0, 0.05) is 18.0 Å². The van der Waals surface area contributed by atoms with Crippen molar-refractivity contribution in [3.8, 4) is 11.3 Å². The van der Waals surface area contributed by atoms with Gasteiger partial charge in [-0.2, -0.15) is 0 Å². The summed E-state index contributed by atoms with van der Waals surface area (Å²) >= 11 is 7.92. The highest BCUT2D eigenvalue weighted by atomic mass is 35.5. The highest BCUT2D eigenvalue weighted by Crippen LogP contribution is 2.36.